The Morgan fingerprint density at radius 3 is 2.42 bits per heavy atom. The maximum Gasteiger partial charge on any atom is 0.122 e. The molecule has 100 valence electrons. The predicted octanol–water partition coefficient (Wildman–Crippen LogP) is 3.06. The van der Waals surface area contributed by atoms with Crippen LogP contribution < -0.4 is 10.5 Å². The van der Waals surface area contributed by atoms with Gasteiger partial charge in [0, 0.05) is 11.9 Å². The van der Waals surface area contributed by atoms with E-state index in [9.17, 15) is 0 Å². The summed E-state index contributed by atoms with van der Waals surface area (Å²) in [6.45, 7) is 6.05. The molecule has 2 rings (SSSR count). The summed E-state index contributed by atoms with van der Waals surface area (Å²) in [4.78, 5) is 4.31. The molecule has 0 spiro atoms. The van der Waals surface area contributed by atoms with Crippen molar-refractivity contribution in [3.63, 3.8) is 0 Å². The van der Waals surface area contributed by atoms with Gasteiger partial charge in [0.15, 0.2) is 0 Å². The van der Waals surface area contributed by atoms with Gasteiger partial charge >= 0.3 is 0 Å². The molecule has 1 unspecified atom stereocenters. The van der Waals surface area contributed by atoms with E-state index < -0.39 is 0 Å². The zero-order chi connectivity index (χ0) is 14.0. The van der Waals surface area contributed by atoms with Crippen molar-refractivity contribution in [3.05, 3.63) is 58.4 Å². The number of methoxy groups -OCH3 is 1. The van der Waals surface area contributed by atoms with Crippen molar-refractivity contribution in [2.75, 3.05) is 7.11 Å². The monoisotopic (exact) mass is 256 g/mol. The molecule has 0 radical (unpaired) electrons. The number of aryl methyl sites for hydroxylation is 3. The summed E-state index contributed by atoms with van der Waals surface area (Å²) in [5.41, 5.74) is 11.7. The lowest BCUT2D eigenvalue weighted by Crippen LogP contribution is -2.14. The van der Waals surface area contributed by atoms with Gasteiger partial charge in [0.05, 0.1) is 13.2 Å². The van der Waals surface area contributed by atoms with Crippen LogP contribution in [0.4, 0.5) is 0 Å². The first-order valence-electron chi connectivity index (χ1n) is 6.36. The van der Waals surface area contributed by atoms with Gasteiger partial charge in [0.2, 0.25) is 0 Å². The minimum absolute atomic E-state index is 0.155. The molecule has 0 aliphatic carbocycles. The smallest absolute Gasteiger partial charge is 0.122 e. The summed E-state index contributed by atoms with van der Waals surface area (Å²) in [5, 5.41) is 0. The van der Waals surface area contributed by atoms with E-state index in [1.807, 2.05) is 38.2 Å². The first-order chi connectivity index (χ1) is 9.02. The van der Waals surface area contributed by atoms with Crippen molar-refractivity contribution in [3.8, 4) is 5.75 Å². The molecule has 0 bridgehead atoms. The lowest BCUT2D eigenvalue weighted by atomic mass is 9.94. The first kappa shape index (κ1) is 13.6. The maximum absolute atomic E-state index is 6.35. The van der Waals surface area contributed by atoms with Gasteiger partial charge in [-0.3, -0.25) is 4.98 Å². The summed E-state index contributed by atoms with van der Waals surface area (Å²) in [7, 11) is 1.69. The number of rotatable bonds is 3. The van der Waals surface area contributed by atoms with Crippen LogP contribution in [-0.2, 0) is 0 Å². The van der Waals surface area contributed by atoms with Crippen LogP contribution in [0.15, 0.2) is 30.5 Å². The van der Waals surface area contributed by atoms with Gasteiger partial charge < -0.3 is 10.5 Å². The highest BCUT2D eigenvalue weighted by Crippen LogP contribution is 2.28. The summed E-state index contributed by atoms with van der Waals surface area (Å²) in [6.07, 6.45) is 1.85. The van der Waals surface area contributed by atoms with Crippen LogP contribution in [0.2, 0.25) is 0 Å². The number of nitrogens with two attached hydrogens (primary N) is 1. The van der Waals surface area contributed by atoms with E-state index in [2.05, 4.69) is 18.0 Å². The molecular weight excluding hydrogens is 236 g/mol. The van der Waals surface area contributed by atoms with E-state index in [0.717, 1.165) is 33.7 Å². The molecule has 0 fully saturated rings. The summed E-state index contributed by atoms with van der Waals surface area (Å²) in [5.74, 6) is 0.899. The molecular formula is C16H20N2O. The highest BCUT2D eigenvalue weighted by molar-refractivity contribution is 5.45. The van der Waals surface area contributed by atoms with Crippen molar-refractivity contribution in [1.82, 2.24) is 4.98 Å². The zero-order valence-corrected chi connectivity index (χ0v) is 11.9. The lowest BCUT2D eigenvalue weighted by molar-refractivity contribution is 0.411. The third kappa shape index (κ3) is 2.76. The van der Waals surface area contributed by atoms with Gasteiger partial charge in [-0.25, -0.2) is 0 Å². The molecule has 2 N–H and O–H groups in total. The fourth-order valence-corrected chi connectivity index (χ4v) is 2.21. The molecule has 0 aliphatic rings. The largest absolute Gasteiger partial charge is 0.496 e. The molecule has 1 aromatic carbocycles. The first-order valence-corrected chi connectivity index (χ1v) is 6.36. The Kier molecular flexibility index (Phi) is 3.86. The second kappa shape index (κ2) is 5.41. The van der Waals surface area contributed by atoms with E-state index in [0.29, 0.717) is 0 Å². The fourth-order valence-electron chi connectivity index (χ4n) is 2.21. The van der Waals surface area contributed by atoms with Crippen molar-refractivity contribution in [2.24, 2.45) is 5.73 Å². The quantitative estimate of drug-likeness (QED) is 0.918. The van der Waals surface area contributed by atoms with Crippen molar-refractivity contribution in [1.29, 1.82) is 0 Å². The Morgan fingerprint density at radius 2 is 1.84 bits per heavy atom. The second-order valence-corrected chi connectivity index (χ2v) is 4.89. The van der Waals surface area contributed by atoms with Crippen LogP contribution in [0.1, 0.15) is 34.0 Å². The van der Waals surface area contributed by atoms with Crippen LogP contribution in [-0.4, -0.2) is 12.1 Å². The third-order valence-corrected chi connectivity index (χ3v) is 3.41. The van der Waals surface area contributed by atoms with E-state index >= 15 is 0 Å². The Morgan fingerprint density at radius 1 is 1.11 bits per heavy atom. The van der Waals surface area contributed by atoms with Crippen molar-refractivity contribution < 1.29 is 4.74 Å². The van der Waals surface area contributed by atoms with Gasteiger partial charge in [-0.05, 0) is 55.2 Å². The number of nitrogens with zero attached hydrogens (tertiary/aromatic N) is 1. The average Bonchev–Trinajstić information content (AvgIpc) is 2.41. The van der Waals surface area contributed by atoms with Crippen LogP contribution in [0.25, 0.3) is 0 Å². The summed E-state index contributed by atoms with van der Waals surface area (Å²) >= 11 is 0. The van der Waals surface area contributed by atoms with Gasteiger partial charge in [-0.15, -0.1) is 0 Å². The minimum Gasteiger partial charge on any atom is -0.496 e. The van der Waals surface area contributed by atoms with E-state index in [1.165, 1.54) is 0 Å². The molecule has 0 aliphatic heterocycles. The van der Waals surface area contributed by atoms with Gasteiger partial charge in [-0.1, -0.05) is 12.1 Å². The number of ether oxygens (including phenoxy) is 1. The molecule has 2 aromatic rings. The van der Waals surface area contributed by atoms with Crippen molar-refractivity contribution >= 4 is 0 Å². The molecule has 0 amide bonds. The highest BCUT2D eigenvalue weighted by Gasteiger charge is 2.14. The Labute approximate surface area is 114 Å². The van der Waals surface area contributed by atoms with Crippen LogP contribution in [0, 0.1) is 20.8 Å². The fraction of sp³-hybridized carbons (Fsp3) is 0.312. The molecule has 1 atom stereocenters. The third-order valence-electron chi connectivity index (χ3n) is 3.41. The summed E-state index contributed by atoms with van der Waals surface area (Å²) in [6, 6.07) is 8.00. The zero-order valence-electron chi connectivity index (χ0n) is 11.9. The topological polar surface area (TPSA) is 48.1 Å². The Bertz CT molecular complexity index is 576. The van der Waals surface area contributed by atoms with Gasteiger partial charge in [0.25, 0.3) is 0 Å². The second-order valence-electron chi connectivity index (χ2n) is 4.89. The molecule has 3 nitrogen and oxygen atoms in total. The van der Waals surface area contributed by atoms with Crippen LogP contribution in [0.5, 0.6) is 5.75 Å². The SMILES string of the molecule is COc1cc(C)c(C(N)c2ccc(C)nc2)cc1C. The van der Waals surface area contributed by atoms with Gasteiger partial charge in [0.1, 0.15) is 5.75 Å². The number of aromatic nitrogens is 1. The predicted molar refractivity (Wildman–Crippen MR) is 77.5 cm³/mol. The molecule has 19 heavy (non-hydrogen) atoms. The molecule has 3 heteroatoms. The number of hydrogen-bond acceptors (Lipinski definition) is 3. The minimum atomic E-state index is -0.155. The van der Waals surface area contributed by atoms with Crippen LogP contribution in [0.3, 0.4) is 0 Å². The molecule has 1 heterocycles. The highest BCUT2D eigenvalue weighted by atomic mass is 16.5. The molecule has 0 saturated heterocycles. The van der Waals surface area contributed by atoms with Crippen LogP contribution >= 0.6 is 0 Å². The van der Waals surface area contributed by atoms with Gasteiger partial charge in [-0.2, -0.15) is 0 Å². The lowest BCUT2D eigenvalue weighted by Gasteiger charge is -2.17. The molecule has 0 saturated carbocycles. The number of benzene rings is 1. The normalized spacial score (nSPS) is 12.3. The van der Waals surface area contributed by atoms with E-state index in [1.54, 1.807) is 7.11 Å². The number of hydrogen-bond donors (Lipinski definition) is 1. The molecule has 1 aromatic heterocycles. The number of pyridine rings is 1. The van der Waals surface area contributed by atoms with E-state index in [-0.39, 0.29) is 6.04 Å². The Balaban J connectivity index is 2.41. The maximum atomic E-state index is 6.35. The average molecular weight is 256 g/mol. The van der Waals surface area contributed by atoms with Crippen molar-refractivity contribution in [2.45, 2.75) is 26.8 Å². The Hall–Kier alpha value is -1.87. The van der Waals surface area contributed by atoms with E-state index in [4.69, 9.17) is 10.5 Å². The standard InChI is InChI=1S/C16H20N2O/c1-10-8-15(19-4)11(2)7-14(10)16(17)13-6-5-12(3)18-9-13/h5-9,16H,17H2,1-4H3. The summed E-state index contributed by atoms with van der Waals surface area (Å²) < 4.78 is 5.33.